The van der Waals surface area contributed by atoms with E-state index in [2.05, 4.69) is 11.8 Å². The molecule has 4 nitrogen and oxygen atoms in total. The topological polar surface area (TPSA) is 83.6 Å². The third-order valence-corrected chi connectivity index (χ3v) is 1.74. The van der Waals surface area contributed by atoms with Gasteiger partial charge in [0, 0.05) is 13.0 Å². The molecule has 1 rings (SSSR count). The predicted octanol–water partition coefficient (Wildman–Crippen LogP) is 0.791. The van der Waals surface area contributed by atoms with Crippen LogP contribution >= 0.6 is 0 Å². The summed E-state index contributed by atoms with van der Waals surface area (Å²) in [5.74, 6) is 4.33. The minimum Gasteiger partial charge on any atom is -0.507 e. The summed E-state index contributed by atoms with van der Waals surface area (Å²) in [6.07, 6.45) is 0.511. The van der Waals surface area contributed by atoms with Gasteiger partial charge in [-0.2, -0.15) is 0 Å². The maximum absolute atomic E-state index is 10.6. The quantitative estimate of drug-likeness (QED) is 0.623. The average Bonchev–Trinajstić information content (AvgIpc) is 2.20. The molecule has 1 aromatic rings. The molecule has 0 aliphatic heterocycles. The van der Waals surface area contributed by atoms with Gasteiger partial charge in [-0.25, -0.2) is 4.79 Å². The molecule has 0 bridgehead atoms. The second-order valence-electron chi connectivity index (χ2n) is 2.88. The van der Waals surface area contributed by atoms with E-state index in [0.717, 1.165) is 0 Å². The normalized spacial score (nSPS) is 9.13. The van der Waals surface area contributed by atoms with Gasteiger partial charge in [-0.3, -0.25) is 0 Å². The Bertz CT molecular complexity index is 429. The Morgan fingerprint density at radius 1 is 1.47 bits per heavy atom. The monoisotopic (exact) mass is 205 g/mol. The van der Waals surface area contributed by atoms with Gasteiger partial charge in [0.1, 0.15) is 5.75 Å². The zero-order valence-electron chi connectivity index (χ0n) is 8.03. The number of benzene rings is 1. The zero-order valence-corrected chi connectivity index (χ0v) is 8.03. The summed E-state index contributed by atoms with van der Waals surface area (Å²) < 4.78 is 0. The van der Waals surface area contributed by atoms with Crippen LogP contribution < -0.4 is 5.73 Å². The molecule has 0 aromatic heterocycles. The van der Waals surface area contributed by atoms with Gasteiger partial charge in [0.05, 0.1) is 11.1 Å². The highest BCUT2D eigenvalue weighted by Crippen LogP contribution is 2.17. The fraction of sp³-hybridized carbons (Fsp3) is 0.182. The number of carboxylic acids is 1. The van der Waals surface area contributed by atoms with Crippen molar-refractivity contribution >= 4 is 5.97 Å². The van der Waals surface area contributed by atoms with Gasteiger partial charge in [-0.15, -0.1) is 0 Å². The number of rotatable bonds is 2. The molecule has 0 saturated carbocycles. The van der Waals surface area contributed by atoms with E-state index < -0.39 is 5.97 Å². The lowest BCUT2D eigenvalue weighted by Crippen LogP contribution is -1.97. The molecule has 0 atom stereocenters. The first-order chi connectivity index (χ1) is 7.15. The van der Waals surface area contributed by atoms with Crippen LogP contribution in [0.2, 0.25) is 0 Å². The van der Waals surface area contributed by atoms with Crippen molar-refractivity contribution in [1.29, 1.82) is 0 Å². The summed E-state index contributed by atoms with van der Waals surface area (Å²) in [5, 5.41) is 18.1. The van der Waals surface area contributed by atoms with Gasteiger partial charge in [-0.05, 0) is 18.2 Å². The van der Waals surface area contributed by atoms with Gasteiger partial charge in [0.25, 0.3) is 0 Å². The Hall–Kier alpha value is -1.99. The van der Waals surface area contributed by atoms with Crippen LogP contribution in [0.15, 0.2) is 18.2 Å². The van der Waals surface area contributed by atoms with Crippen LogP contribution in [0.4, 0.5) is 0 Å². The highest BCUT2D eigenvalue weighted by atomic mass is 16.4. The first-order valence-electron chi connectivity index (χ1n) is 4.40. The predicted molar refractivity (Wildman–Crippen MR) is 55.6 cm³/mol. The molecule has 78 valence electrons. The van der Waals surface area contributed by atoms with Crippen molar-refractivity contribution in [1.82, 2.24) is 0 Å². The largest absolute Gasteiger partial charge is 0.507 e. The van der Waals surface area contributed by atoms with Crippen LogP contribution in [-0.2, 0) is 0 Å². The minimum atomic E-state index is -1.04. The standard InChI is InChI=1S/C11H11NO3/c12-6-2-1-3-8-7-9(11(14)15)4-5-10(8)13/h4-5,7,13H,2,6,12H2,(H,14,15). The molecule has 4 heteroatoms. The molecule has 0 radical (unpaired) electrons. The molecule has 0 amide bonds. The molecule has 0 unspecified atom stereocenters. The van der Waals surface area contributed by atoms with E-state index in [0.29, 0.717) is 18.5 Å². The van der Waals surface area contributed by atoms with Crippen molar-refractivity contribution in [2.75, 3.05) is 6.54 Å². The van der Waals surface area contributed by atoms with Gasteiger partial charge in [0.15, 0.2) is 0 Å². The number of hydrogen-bond donors (Lipinski definition) is 3. The van der Waals surface area contributed by atoms with E-state index >= 15 is 0 Å². The molecule has 0 fully saturated rings. The lowest BCUT2D eigenvalue weighted by Gasteiger charge is -1.98. The maximum Gasteiger partial charge on any atom is 0.335 e. The molecule has 0 aliphatic carbocycles. The number of aromatic hydroxyl groups is 1. The number of phenolic OH excluding ortho intramolecular Hbond substituents is 1. The molecule has 0 heterocycles. The third kappa shape index (κ3) is 3.01. The molecule has 0 saturated heterocycles. The van der Waals surface area contributed by atoms with Gasteiger partial charge >= 0.3 is 5.97 Å². The van der Waals surface area contributed by atoms with E-state index in [9.17, 15) is 9.90 Å². The maximum atomic E-state index is 10.6. The summed E-state index contributed by atoms with van der Waals surface area (Å²) in [4.78, 5) is 10.6. The first-order valence-corrected chi connectivity index (χ1v) is 4.40. The number of carbonyl (C=O) groups is 1. The Balaban J connectivity index is 3.02. The lowest BCUT2D eigenvalue weighted by molar-refractivity contribution is 0.0697. The molecular weight excluding hydrogens is 194 g/mol. The fourth-order valence-corrected chi connectivity index (χ4v) is 0.999. The van der Waals surface area contributed by atoms with Gasteiger partial charge < -0.3 is 15.9 Å². The van der Waals surface area contributed by atoms with Crippen LogP contribution in [-0.4, -0.2) is 22.7 Å². The van der Waals surface area contributed by atoms with Crippen LogP contribution in [0.3, 0.4) is 0 Å². The van der Waals surface area contributed by atoms with E-state index in [1.54, 1.807) is 0 Å². The van der Waals surface area contributed by atoms with Crippen molar-refractivity contribution in [3.8, 4) is 17.6 Å². The summed E-state index contributed by atoms with van der Waals surface area (Å²) >= 11 is 0. The average molecular weight is 205 g/mol. The van der Waals surface area contributed by atoms with Crippen molar-refractivity contribution in [3.05, 3.63) is 29.3 Å². The van der Waals surface area contributed by atoms with Crippen molar-refractivity contribution in [2.24, 2.45) is 5.73 Å². The molecule has 1 aromatic carbocycles. The molecule has 15 heavy (non-hydrogen) atoms. The second-order valence-corrected chi connectivity index (χ2v) is 2.88. The van der Waals surface area contributed by atoms with E-state index in [4.69, 9.17) is 10.8 Å². The van der Waals surface area contributed by atoms with Crippen molar-refractivity contribution < 1.29 is 15.0 Å². The zero-order chi connectivity index (χ0) is 11.3. The van der Waals surface area contributed by atoms with Crippen LogP contribution in [0.25, 0.3) is 0 Å². The SMILES string of the molecule is NCCC#Cc1cc(C(=O)O)ccc1O. The van der Waals surface area contributed by atoms with Crippen molar-refractivity contribution in [3.63, 3.8) is 0 Å². The van der Waals surface area contributed by atoms with Gasteiger partial charge in [-0.1, -0.05) is 11.8 Å². The number of aromatic carboxylic acids is 1. The summed E-state index contributed by atoms with van der Waals surface area (Å²) in [7, 11) is 0. The third-order valence-electron chi connectivity index (χ3n) is 1.74. The molecule has 0 aliphatic rings. The summed E-state index contributed by atoms with van der Waals surface area (Å²) in [6.45, 7) is 0.437. The van der Waals surface area contributed by atoms with Crippen molar-refractivity contribution in [2.45, 2.75) is 6.42 Å². The summed E-state index contributed by atoms with van der Waals surface area (Å²) in [6, 6.07) is 3.98. The van der Waals surface area contributed by atoms with Crippen LogP contribution in [0.1, 0.15) is 22.3 Å². The number of carboxylic acid groups (broad SMARTS) is 1. The van der Waals surface area contributed by atoms with E-state index in [1.165, 1.54) is 18.2 Å². The first kappa shape index (κ1) is 11.1. The number of nitrogens with two attached hydrogens (primary N) is 1. The van der Waals surface area contributed by atoms with E-state index in [-0.39, 0.29) is 11.3 Å². The highest BCUT2D eigenvalue weighted by molar-refractivity contribution is 5.88. The molecule has 0 spiro atoms. The Morgan fingerprint density at radius 2 is 2.20 bits per heavy atom. The molecular formula is C11H11NO3. The summed E-state index contributed by atoms with van der Waals surface area (Å²) in [5.41, 5.74) is 5.66. The molecule has 4 N–H and O–H groups in total. The van der Waals surface area contributed by atoms with Crippen LogP contribution in [0.5, 0.6) is 5.75 Å². The second kappa shape index (κ2) is 5.03. The minimum absolute atomic E-state index is 0.0236. The Kier molecular flexibility index (Phi) is 3.72. The number of phenols is 1. The smallest absolute Gasteiger partial charge is 0.335 e. The highest BCUT2D eigenvalue weighted by Gasteiger charge is 2.05. The van der Waals surface area contributed by atoms with Gasteiger partial charge in [0.2, 0.25) is 0 Å². The number of hydrogen-bond acceptors (Lipinski definition) is 3. The van der Waals surface area contributed by atoms with Crippen LogP contribution in [0, 0.1) is 11.8 Å². The van der Waals surface area contributed by atoms with E-state index in [1.807, 2.05) is 0 Å². The Labute approximate surface area is 87.3 Å². The Morgan fingerprint density at radius 3 is 2.80 bits per heavy atom. The fourth-order valence-electron chi connectivity index (χ4n) is 0.999. The lowest BCUT2D eigenvalue weighted by atomic mass is 10.1.